The van der Waals surface area contributed by atoms with Crippen molar-refractivity contribution in [3.8, 4) is 0 Å². The van der Waals surface area contributed by atoms with Crippen LogP contribution in [-0.4, -0.2) is 29.7 Å². The molecule has 20 heavy (non-hydrogen) atoms. The molecule has 0 aliphatic carbocycles. The van der Waals surface area contributed by atoms with Gasteiger partial charge in [-0.05, 0) is 53.4 Å². The third-order valence-electron chi connectivity index (χ3n) is 3.21. The SMILES string of the molecule is O=C(CCC1CCCO1)Nc1ccc(C(=O)O)cc1Br. The van der Waals surface area contributed by atoms with E-state index < -0.39 is 5.97 Å². The second kappa shape index (κ2) is 6.85. The molecule has 1 heterocycles. The molecular formula is C14H16BrNO4. The van der Waals surface area contributed by atoms with Crippen molar-refractivity contribution >= 4 is 33.5 Å². The van der Waals surface area contributed by atoms with Crippen molar-refractivity contribution in [3.05, 3.63) is 28.2 Å². The van der Waals surface area contributed by atoms with Crippen LogP contribution in [0.1, 0.15) is 36.0 Å². The fraction of sp³-hybridized carbons (Fsp3) is 0.429. The van der Waals surface area contributed by atoms with E-state index in [1.54, 1.807) is 6.07 Å². The molecule has 2 rings (SSSR count). The number of anilines is 1. The van der Waals surface area contributed by atoms with E-state index in [1.807, 2.05) is 0 Å². The van der Waals surface area contributed by atoms with E-state index in [-0.39, 0.29) is 17.6 Å². The van der Waals surface area contributed by atoms with Gasteiger partial charge in [0, 0.05) is 17.5 Å². The fourth-order valence-electron chi connectivity index (χ4n) is 2.13. The topological polar surface area (TPSA) is 75.6 Å². The van der Waals surface area contributed by atoms with Gasteiger partial charge in [-0.25, -0.2) is 4.79 Å². The van der Waals surface area contributed by atoms with Gasteiger partial charge in [0.1, 0.15) is 0 Å². The summed E-state index contributed by atoms with van der Waals surface area (Å²) in [5, 5.41) is 11.6. The maximum atomic E-state index is 11.8. The second-order valence-corrected chi connectivity index (χ2v) is 5.58. The first-order chi connectivity index (χ1) is 9.56. The van der Waals surface area contributed by atoms with Crippen LogP contribution in [-0.2, 0) is 9.53 Å². The average molecular weight is 342 g/mol. The van der Waals surface area contributed by atoms with E-state index in [0.717, 1.165) is 25.9 Å². The number of halogens is 1. The number of nitrogens with one attached hydrogen (secondary N) is 1. The van der Waals surface area contributed by atoms with Crippen molar-refractivity contribution in [1.29, 1.82) is 0 Å². The van der Waals surface area contributed by atoms with E-state index in [0.29, 0.717) is 16.6 Å². The number of ether oxygens (including phenoxy) is 1. The number of carboxylic acid groups (broad SMARTS) is 1. The van der Waals surface area contributed by atoms with Gasteiger partial charge in [0.05, 0.1) is 17.4 Å². The first-order valence-corrected chi connectivity index (χ1v) is 7.30. The van der Waals surface area contributed by atoms with Gasteiger partial charge < -0.3 is 15.2 Å². The number of carboxylic acids is 1. The van der Waals surface area contributed by atoms with Crippen molar-refractivity contribution in [2.45, 2.75) is 31.8 Å². The number of hydrogen-bond donors (Lipinski definition) is 2. The van der Waals surface area contributed by atoms with Crippen molar-refractivity contribution in [1.82, 2.24) is 0 Å². The standard InChI is InChI=1S/C14H16BrNO4/c15-11-8-9(14(18)19)3-5-12(11)16-13(17)6-4-10-2-1-7-20-10/h3,5,8,10H,1-2,4,6-7H2,(H,16,17)(H,18,19). The molecule has 1 saturated heterocycles. The minimum atomic E-state index is -0.998. The summed E-state index contributed by atoms with van der Waals surface area (Å²) in [6.45, 7) is 0.786. The number of rotatable bonds is 5. The van der Waals surface area contributed by atoms with E-state index in [2.05, 4.69) is 21.2 Å². The summed E-state index contributed by atoms with van der Waals surface area (Å²) in [4.78, 5) is 22.7. The molecule has 1 atom stereocenters. The summed E-state index contributed by atoms with van der Waals surface area (Å²) in [6, 6.07) is 4.51. The van der Waals surface area contributed by atoms with Gasteiger partial charge in [0.25, 0.3) is 0 Å². The van der Waals surface area contributed by atoms with E-state index >= 15 is 0 Å². The van der Waals surface area contributed by atoms with Crippen molar-refractivity contribution in [3.63, 3.8) is 0 Å². The first-order valence-electron chi connectivity index (χ1n) is 6.50. The van der Waals surface area contributed by atoms with Crippen molar-refractivity contribution in [2.24, 2.45) is 0 Å². The lowest BCUT2D eigenvalue weighted by Gasteiger charge is -2.10. The summed E-state index contributed by atoms with van der Waals surface area (Å²) in [5.74, 6) is -1.09. The molecular weight excluding hydrogens is 326 g/mol. The average Bonchev–Trinajstić information content (AvgIpc) is 2.91. The molecule has 0 radical (unpaired) electrons. The molecule has 0 bridgehead atoms. The number of hydrogen-bond acceptors (Lipinski definition) is 3. The quantitative estimate of drug-likeness (QED) is 0.862. The van der Waals surface area contributed by atoms with Crippen LogP contribution in [0.5, 0.6) is 0 Å². The molecule has 6 heteroatoms. The lowest BCUT2D eigenvalue weighted by Crippen LogP contribution is -2.15. The van der Waals surface area contributed by atoms with Crippen LogP contribution in [0.4, 0.5) is 5.69 Å². The van der Waals surface area contributed by atoms with Crippen LogP contribution >= 0.6 is 15.9 Å². The Kier molecular flexibility index (Phi) is 5.14. The number of amides is 1. The van der Waals surface area contributed by atoms with Crippen LogP contribution in [0, 0.1) is 0 Å². The summed E-state index contributed by atoms with van der Waals surface area (Å²) in [6.07, 6.45) is 3.39. The van der Waals surface area contributed by atoms with Crippen molar-refractivity contribution < 1.29 is 19.4 Å². The van der Waals surface area contributed by atoms with Crippen LogP contribution in [0.25, 0.3) is 0 Å². The number of carbonyl (C=O) groups excluding carboxylic acids is 1. The molecule has 0 aromatic heterocycles. The first kappa shape index (κ1) is 15.0. The summed E-state index contributed by atoms with van der Waals surface area (Å²) in [7, 11) is 0. The van der Waals surface area contributed by atoms with E-state index in [1.165, 1.54) is 12.1 Å². The maximum Gasteiger partial charge on any atom is 0.335 e. The smallest absolute Gasteiger partial charge is 0.335 e. The zero-order chi connectivity index (χ0) is 14.5. The lowest BCUT2D eigenvalue weighted by molar-refractivity contribution is -0.116. The van der Waals surface area contributed by atoms with Gasteiger partial charge >= 0.3 is 5.97 Å². The molecule has 1 aliphatic rings. The highest BCUT2D eigenvalue weighted by Crippen LogP contribution is 2.24. The second-order valence-electron chi connectivity index (χ2n) is 4.72. The summed E-state index contributed by atoms with van der Waals surface area (Å²) >= 11 is 3.26. The Morgan fingerprint density at radius 3 is 2.85 bits per heavy atom. The fourth-order valence-corrected chi connectivity index (χ4v) is 2.60. The van der Waals surface area contributed by atoms with Gasteiger partial charge in [-0.2, -0.15) is 0 Å². The molecule has 5 nitrogen and oxygen atoms in total. The van der Waals surface area contributed by atoms with Crippen LogP contribution in [0.2, 0.25) is 0 Å². The number of aromatic carboxylic acids is 1. The van der Waals surface area contributed by atoms with Gasteiger partial charge in [-0.3, -0.25) is 4.79 Å². The molecule has 0 saturated carbocycles. The van der Waals surface area contributed by atoms with Gasteiger partial charge in [0.15, 0.2) is 0 Å². The Bertz CT molecular complexity index is 512. The van der Waals surface area contributed by atoms with E-state index in [4.69, 9.17) is 9.84 Å². The molecule has 0 spiro atoms. The van der Waals surface area contributed by atoms with Gasteiger partial charge in [-0.1, -0.05) is 0 Å². The third kappa shape index (κ3) is 4.05. The Morgan fingerprint density at radius 2 is 2.25 bits per heavy atom. The minimum Gasteiger partial charge on any atom is -0.478 e. The monoisotopic (exact) mass is 341 g/mol. The highest BCUT2D eigenvalue weighted by molar-refractivity contribution is 9.10. The predicted octanol–water partition coefficient (Wildman–Crippen LogP) is 3.05. The molecule has 2 N–H and O–H groups in total. The zero-order valence-electron chi connectivity index (χ0n) is 10.9. The Balaban J connectivity index is 1.88. The Labute approximate surface area is 125 Å². The van der Waals surface area contributed by atoms with Crippen molar-refractivity contribution in [2.75, 3.05) is 11.9 Å². The summed E-state index contributed by atoms with van der Waals surface area (Å²) < 4.78 is 6.02. The summed E-state index contributed by atoms with van der Waals surface area (Å²) in [5.41, 5.74) is 0.751. The Morgan fingerprint density at radius 1 is 1.45 bits per heavy atom. The van der Waals surface area contributed by atoms with Gasteiger partial charge in [0.2, 0.25) is 5.91 Å². The van der Waals surface area contributed by atoms with Gasteiger partial charge in [-0.15, -0.1) is 0 Å². The van der Waals surface area contributed by atoms with Crippen LogP contribution in [0.15, 0.2) is 22.7 Å². The molecule has 1 fully saturated rings. The minimum absolute atomic E-state index is 0.0933. The highest BCUT2D eigenvalue weighted by Gasteiger charge is 2.17. The molecule has 1 aliphatic heterocycles. The predicted molar refractivity (Wildman–Crippen MR) is 77.9 cm³/mol. The molecule has 108 valence electrons. The molecule has 1 unspecified atom stereocenters. The zero-order valence-corrected chi connectivity index (χ0v) is 12.5. The molecule has 1 amide bonds. The normalized spacial score (nSPS) is 17.9. The van der Waals surface area contributed by atoms with Crippen LogP contribution < -0.4 is 5.32 Å². The third-order valence-corrected chi connectivity index (χ3v) is 3.86. The van der Waals surface area contributed by atoms with E-state index in [9.17, 15) is 9.59 Å². The largest absolute Gasteiger partial charge is 0.478 e. The maximum absolute atomic E-state index is 11.8. The van der Waals surface area contributed by atoms with Crippen LogP contribution in [0.3, 0.4) is 0 Å². The highest BCUT2D eigenvalue weighted by atomic mass is 79.9. The number of benzene rings is 1. The lowest BCUT2D eigenvalue weighted by atomic mass is 10.1. The number of carbonyl (C=O) groups is 2. The Hall–Kier alpha value is -1.40. The molecule has 1 aromatic rings. The molecule has 1 aromatic carbocycles.